The number of nitrogens with zero attached hydrogens (tertiary/aromatic N) is 1. The summed E-state index contributed by atoms with van der Waals surface area (Å²) in [5.74, 6) is 0. The van der Waals surface area contributed by atoms with E-state index in [0.717, 1.165) is 18.4 Å². The van der Waals surface area contributed by atoms with Crippen molar-refractivity contribution in [2.45, 2.75) is 46.1 Å². The van der Waals surface area contributed by atoms with Crippen LogP contribution in [0.3, 0.4) is 0 Å². The molecule has 0 radical (unpaired) electrons. The van der Waals surface area contributed by atoms with Crippen LogP contribution in [0, 0.1) is 10.8 Å². The summed E-state index contributed by atoms with van der Waals surface area (Å²) in [4.78, 5) is 2.41. The average Bonchev–Trinajstić information content (AvgIpc) is 2.60. The van der Waals surface area contributed by atoms with Crippen molar-refractivity contribution in [3.05, 3.63) is 0 Å². The van der Waals surface area contributed by atoms with Crippen LogP contribution in [0.25, 0.3) is 0 Å². The highest BCUT2D eigenvalue weighted by Gasteiger charge is 2.52. The van der Waals surface area contributed by atoms with E-state index in [1.54, 1.807) is 0 Å². The molecule has 0 bridgehead atoms. The van der Waals surface area contributed by atoms with Gasteiger partial charge in [-0.25, -0.2) is 0 Å². The van der Waals surface area contributed by atoms with Crippen molar-refractivity contribution in [1.82, 2.24) is 4.90 Å². The summed E-state index contributed by atoms with van der Waals surface area (Å²) in [6.07, 6.45) is 3.64. The van der Waals surface area contributed by atoms with Crippen LogP contribution in [0.5, 0.6) is 0 Å². The van der Waals surface area contributed by atoms with Crippen LogP contribution in [-0.4, -0.2) is 35.7 Å². The zero-order valence-electron chi connectivity index (χ0n) is 9.71. The minimum absolute atomic E-state index is 0.133. The zero-order chi connectivity index (χ0) is 10.4. The standard InChI is InChI=1S/C12H23NO/c1-11(2,3)6-10(14)7-13-8-12(9-13)4-5-12/h10,14H,4-9H2,1-3H3. The molecule has 1 spiro atoms. The van der Waals surface area contributed by atoms with E-state index in [1.165, 1.54) is 25.9 Å². The molecule has 1 aliphatic carbocycles. The fraction of sp³-hybridized carbons (Fsp3) is 1.00. The number of hydrogen-bond acceptors (Lipinski definition) is 2. The third kappa shape index (κ3) is 2.48. The van der Waals surface area contributed by atoms with E-state index >= 15 is 0 Å². The summed E-state index contributed by atoms with van der Waals surface area (Å²) in [5, 5.41) is 9.87. The highest BCUT2D eigenvalue weighted by molar-refractivity contribution is 5.05. The van der Waals surface area contributed by atoms with Crippen molar-refractivity contribution in [3.8, 4) is 0 Å². The largest absolute Gasteiger partial charge is 0.392 e. The van der Waals surface area contributed by atoms with E-state index in [4.69, 9.17) is 0 Å². The van der Waals surface area contributed by atoms with Gasteiger partial charge in [-0.15, -0.1) is 0 Å². The minimum Gasteiger partial charge on any atom is -0.392 e. The molecule has 1 unspecified atom stereocenters. The third-order valence-electron chi connectivity index (χ3n) is 3.39. The van der Waals surface area contributed by atoms with E-state index in [0.29, 0.717) is 0 Å². The quantitative estimate of drug-likeness (QED) is 0.746. The normalized spacial score (nSPS) is 27.4. The number of likely N-dealkylation sites (tertiary alicyclic amines) is 1. The van der Waals surface area contributed by atoms with E-state index in [2.05, 4.69) is 25.7 Å². The fourth-order valence-corrected chi connectivity index (χ4v) is 2.59. The summed E-state index contributed by atoms with van der Waals surface area (Å²) < 4.78 is 0. The number of rotatable bonds is 3. The Bertz CT molecular complexity index is 207. The molecular weight excluding hydrogens is 174 g/mol. The lowest BCUT2D eigenvalue weighted by atomic mass is 9.88. The lowest BCUT2D eigenvalue weighted by Crippen LogP contribution is -2.51. The zero-order valence-corrected chi connectivity index (χ0v) is 9.71. The fourth-order valence-electron chi connectivity index (χ4n) is 2.59. The summed E-state index contributed by atoms with van der Waals surface area (Å²) >= 11 is 0. The van der Waals surface area contributed by atoms with Crippen LogP contribution >= 0.6 is 0 Å². The Labute approximate surface area is 87.3 Å². The molecule has 1 heterocycles. The van der Waals surface area contributed by atoms with Gasteiger partial charge in [-0.3, -0.25) is 4.90 Å². The monoisotopic (exact) mass is 197 g/mol. The van der Waals surface area contributed by atoms with Gasteiger partial charge in [0.05, 0.1) is 6.10 Å². The first-order chi connectivity index (χ1) is 6.39. The Morgan fingerprint density at radius 3 is 2.29 bits per heavy atom. The molecule has 1 aliphatic heterocycles. The van der Waals surface area contributed by atoms with Gasteiger partial charge in [-0.1, -0.05) is 20.8 Å². The molecule has 0 aromatic carbocycles. The molecule has 1 N–H and O–H groups in total. The Kier molecular flexibility index (Phi) is 2.39. The lowest BCUT2D eigenvalue weighted by molar-refractivity contribution is 0.0140. The molecule has 1 saturated heterocycles. The first-order valence-corrected chi connectivity index (χ1v) is 5.79. The smallest absolute Gasteiger partial charge is 0.0672 e. The van der Waals surface area contributed by atoms with Gasteiger partial charge in [0.25, 0.3) is 0 Å². The molecule has 0 aromatic heterocycles. The first-order valence-electron chi connectivity index (χ1n) is 5.79. The maximum Gasteiger partial charge on any atom is 0.0672 e. The molecule has 2 fully saturated rings. The van der Waals surface area contributed by atoms with Gasteiger partial charge in [0, 0.05) is 19.6 Å². The average molecular weight is 197 g/mol. The Balaban J connectivity index is 1.65. The van der Waals surface area contributed by atoms with Crippen LogP contribution < -0.4 is 0 Å². The molecule has 0 amide bonds. The second-order valence-electron chi connectivity index (χ2n) is 6.59. The summed E-state index contributed by atoms with van der Waals surface area (Å²) in [6.45, 7) is 9.94. The SMILES string of the molecule is CC(C)(C)CC(O)CN1CC2(CC2)C1. The van der Waals surface area contributed by atoms with Gasteiger partial charge < -0.3 is 5.11 Å². The van der Waals surface area contributed by atoms with Crippen molar-refractivity contribution in [3.63, 3.8) is 0 Å². The van der Waals surface area contributed by atoms with Gasteiger partial charge in [0.1, 0.15) is 0 Å². The predicted octanol–water partition coefficient (Wildman–Crippen LogP) is 1.88. The highest BCUT2D eigenvalue weighted by atomic mass is 16.3. The number of β-amino-alcohol motifs (C(OH)–C–C–N with tert-alkyl or cyclic N) is 1. The second kappa shape index (κ2) is 3.21. The van der Waals surface area contributed by atoms with Gasteiger partial charge >= 0.3 is 0 Å². The van der Waals surface area contributed by atoms with E-state index < -0.39 is 0 Å². The maximum atomic E-state index is 9.87. The van der Waals surface area contributed by atoms with Crippen LogP contribution in [0.4, 0.5) is 0 Å². The van der Waals surface area contributed by atoms with E-state index in [-0.39, 0.29) is 11.5 Å². The Hall–Kier alpha value is -0.0800. The van der Waals surface area contributed by atoms with Crippen molar-refractivity contribution >= 4 is 0 Å². The highest BCUT2D eigenvalue weighted by Crippen LogP contribution is 2.52. The number of aliphatic hydroxyl groups is 1. The summed E-state index contributed by atoms with van der Waals surface area (Å²) in [7, 11) is 0. The first kappa shape index (κ1) is 10.4. The second-order valence-corrected chi connectivity index (χ2v) is 6.59. The lowest BCUT2D eigenvalue weighted by Gasteiger charge is -2.41. The van der Waals surface area contributed by atoms with Gasteiger partial charge in [0.2, 0.25) is 0 Å². The van der Waals surface area contributed by atoms with Crippen LogP contribution in [0.15, 0.2) is 0 Å². The van der Waals surface area contributed by atoms with Gasteiger partial charge in [-0.2, -0.15) is 0 Å². The van der Waals surface area contributed by atoms with Crippen LogP contribution in [0.1, 0.15) is 40.0 Å². The molecule has 82 valence electrons. The maximum absolute atomic E-state index is 9.87. The van der Waals surface area contributed by atoms with Crippen molar-refractivity contribution in [2.24, 2.45) is 10.8 Å². The topological polar surface area (TPSA) is 23.5 Å². The summed E-state index contributed by atoms with van der Waals surface area (Å²) in [6, 6.07) is 0. The molecule has 2 rings (SSSR count). The van der Waals surface area contributed by atoms with Crippen molar-refractivity contribution in [2.75, 3.05) is 19.6 Å². The Morgan fingerprint density at radius 2 is 1.86 bits per heavy atom. The minimum atomic E-state index is -0.133. The van der Waals surface area contributed by atoms with E-state index in [9.17, 15) is 5.11 Å². The predicted molar refractivity (Wildman–Crippen MR) is 58.2 cm³/mol. The van der Waals surface area contributed by atoms with Crippen molar-refractivity contribution < 1.29 is 5.11 Å². The molecule has 0 aromatic rings. The molecule has 2 aliphatic rings. The molecule has 1 saturated carbocycles. The molecule has 1 atom stereocenters. The van der Waals surface area contributed by atoms with Gasteiger partial charge in [0.15, 0.2) is 0 Å². The third-order valence-corrected chi connectivity index (χ3v) is 3.39. The molecule has 14 heavy (non-hydrogen) atoms. The molecule has 2 heteroatoms. The molecular formula is C12H23NO. The van der Waals surface area contributed by atoms with Crippen molar-refractivity contribution in [1.29, 1.82) is 0 Å². The number of aliphatic hydroxyl groups excluding tert-OH is 1. The molecule has 2 nitrogen and oxygen atoms in total. The Morgan fingerprint density at radius 1 is 1.29 bits per heavy atom. The van der Waals surface area contributed by atoms with E-state index in [1.807, 2.05) is 0 Å². The number of hydrogen-bond donors (Lipinski definition) is 1. The summed E-state index contributed by atoms with van der Waals surface area (Å²) in [5.41, 5.74) is 0.975. The van der Waals surface area contributed by atoms with Crippen LogP contribution in [0.2, 0.25) is 0 Å². The van der Waals surface area contributed by atoms with Crippen LogP contribution in [-0.2, 0) is 0 Å². The van der Waals surface area contributed by atoms with Gasteiger partial charge in [-0.05, 0) is 30.1 Å².